The highest BCUT2D eigenvalue weighted by Gasteiger charge is 2.28. The summed E-state index contributed by atoms with van der Waals surface area (Å²) in [5.74, 6) is 0.485. The maximum atomic E-state index is 12.9. The SMILES string of the molecule is Cc1ccc(C(=O)NCCCOc2ccccc2)cc1S(=O)(=O)N1CCOCC1. The zero-order chi connectivity index (χ0) is 20.7. The molecule has 1 amide bonds. The Balaban J connectivity index is 1.57. The number of hydrogen-bond acceptors (Lipinski definition) is 5. The fourth-order valence-corrected chi connectivity index (χ4v) is 4.69. The number of nitrogens with zero attached hydrogens (tertiary/aromatic N) is 1. The van der Waals surface area contributed by atoms with Crippen LogP contribution in [0.25, 0.3) is 0 Å². The van der Waals surface area contributed by atoms with E-state index in [1.807, 2.05) is 30.3 Å². The molecule has 29 heavy (non-hydrogen) atoms. The van der Waals surface area contributed by atoms with Crippen LogP contribution in [-0.4, -0.2) is 58.1 Å². The molecule has 0 bridgehead atoms. The summed E-state index contributed by atoms with van der Waals surface area (Å²) < 4.78 is 38.1. The minimum atomic E-state index is -3.66. The van der Waals surface area contributed by atoms with Gasteiger partial charge in [-0.2, -0.15) is 4.31 Å². The molecular weight excluding hydrogens is 392 g/mol. The van der Waals surface area contributed by atoms with E-state index in [1.54, 1.807) is 19.1 Å². The van der Waals surface area contributed by atoms with Gasteiger partial charge in [0.2, 0.25) is 10.0 Å². The number of ether oxygens (including phenoxy) is 2. The van der Waals surface area contributed by atoms with E-state index in [-0.39, 0.29) is 10.8 Å². The minimum Gasteiger partial charge on any atom is -0.494 e. The Bertz CT molecular complexity index is 925. The van der Waals surface area contributed by atoms with Gasteiger partial charge in [0.25, 0.3) is 5.91 Å². The quantitative estimate of drug-likeness (QED) is 0.665. The first-order chi connectivity index (χ1) is 14.0. The fourth-order valence-electron chi connectivity index (χ4n) is 3.03. The molecule has 1 saturated heterocycles. The van der Waals surface area contributed by atoms with E-state index in [4.69, 9.17) is 9.47 Å². The van der Waals surface area contributed by atoms with E-state index in [1.165, 1.54) is 10.4 Å². The van der Waals surface area contributed by atoms with Gasteiger partial charge in [-0.05, 0) is 43.2 Å². The molecule has 0 aliphatic carbocycles. The lowest BCUT2D eigenvalue weighted by molar-refractivity contribution is 0.0730. The Morgan fingerprint density at radius 1 is 1.14 bits per heavy atom. The zero-order valence-corrected chi connectivity index (χ0v) is 17.3. The molecule has 0 saturated carbocycles. The van der Waals surface area contributed by atoms with Crippen LogP contribution < -0.4 is 10.1 Å². The van der Waals surface area contributed by atoms with Crippen LogP contribution >= 0.6 is 0 Å². The highest BCUT2D eigenvalue weighted by atomic mass is 32.2. The first-order valence-corrected chi connectivity index (χ1v) is 11.1. The second-order valence-electron chi connectivity index (χ2n) is 6.77. The fraction of sp³-hybridized carbons (Fsp3) is 0.381. The van der Waals surface area contributed by atoms with Gasteiger partial charge in [0.15, 0.2) is 0 Å². The lowest BCUT2D eigenvalue weighted by Gasteiger charge is -2.26. The van der Waals surface area contributed by atoms with Crippen molar-refractivity contribution >= 4 is 15.9 Å². The van der Waals surface area contributed by atoms with Gasteiger partial charge in [-0.15, -0.1) is 0 Å². The maximum absolute atomic E-state index is 12.9. The number of para-hydroxylation sites is 1. The number of nitrogens with one attached hydrogen (secondary N) is 1. The Labute approximate surface area is 171 Å². The van der Waals surface area contributed by atoms with Gasteiger partial charge in [-0.1, -0.05) is 24.3 Å². The topological polar surface area (TPSA) is 84.9 Å². The van der Waals surface area contributed by atoms with E-state index < -0.39 is 10.0 Å². The summed E-state index contributed by atoms with van der Waals surface area (Å²) in [6.45, 7) is 4.04. The zero-order valence-electron chi connectivity index (χ0n) is 16.5. The van der Waals surface area contributed by atoms with Gasteiger partial charge in [0.1, 0.15) is 5.75 Å². The third kappa shape index (κ3) is 5.56. The molecule has 0 atom stereocenters. The molecule has 0 radical (unpaired) electrons. The van der Waals surface area contributed by atoms with Gasteiger partial charge in [0, 0.05) is 25.2 Å². The maximum Gasteiger partial charge on any atom is 0.251 e. The van der Waals surface area contributed by atoms with Crippen LogP contribution in [0.15, 0.2) is 53.4 Å². The Kier molecular flexibility index (Phi) is 7.24. The summed E-state index contributed by atoms with van der Waals surface area (Å²) in [6.07, 6.45) is 0.644. The molecule has 1 fully saturated rings. The molecule has 0 aromatic heterocycles. The van der Waals surface area contributed by atoms with Crippen LogP contribution in [0.1, 0.15) is 22.3 Å². The van der Waals surface area contributed by atoms with Crippen LogP contribution in [-0.2, 0) is 14.8 Å². The largest absolute Gasteiger partial charge is 0.494 e. The van der Waals surface area contributed by atoms with Crippen molar-refractivity contribution in [3.05, 3.63) is 59.7 Å². The molecule has 3 rings (SSSR count). The summed E-state index contributed by atoms with van der Waals surface area (Å²) in [5.41, 5.74) is 0.940. The van der Waals surface area contributed by atoms with E-state index in [0.29, 0.717) is 57.0 Å². The predicted molar refractivity (Wildman–Crippen MR) is 110 cm³/mol. The summed E-state index contributed by atoms with van der Waals surface area (Å²) in [6, 6.07) is 14.2. The Morgan fingerprint density at radius 2 is 1.86 bits per heavy atom. The average molecular weight is 419 g/mol. The molecule has 1 heterocycles. The third-order valence-electron chi connectivity index (χ3n) is 4.66. The molecular formula is C21H26N2O5S. The lowest BCUT2D eigenvalue weighted by atomic mass is 10.1. The molecule has 2 aromatic carbocycles. The second kappa shape index (κ2) is 9.87. The molecule has 8 heteroatoms. The molecule has 0 spiro atoms. The number of benzene rings is 2. The average Bonchev–Trinajstić information content (AvgIpc) is 2.75. The first-order valence-electron chi connectivity index (χ1n) is 9.63. The van der Waals surface area contributed by atoms with Gasteiger partial charge in [-0.25, -0.2) is 8.42 Å². The molecule has 2 aromatic rings. The van der Waals surface area contributed by atoms with E-state index in [2.05, 4.69) is 5.32 Å². The number of hydrogen-bond donors (Lipinski definition) is 1. The lowest BCUT2D eigenvalue weighted by Crippen LogP contribution is -2.41. The molecule has 1 aliphatic rings. The smallest absolute Gasteiger partial charge is 0.251 e. The van der Waals surface area contributed by atoms with Crippen LogP contribution in [0, 0.1) is 6.92 Å². The Hall–Kier alpha value is -2.42. The summed E-state index contributed by atoms with van der Waals surface area (Å²) >= 11 is 0. The number of amides is 1. The van der Waals surface area contributed by atoms with Gasteiger partial charge in [0.05, 0.1) is 24.7 Å². The van der Waals surface area contributed by atoms with Crippen molar-refractivity contribution in [2.75, 3.05) is 39.5 Å². The Morgan fingerprint density at radius 3 is 2.59 bits per heavy atom. The molecule has 1 aliphatic heterocycles. The molecule has 156 valence electrons. The normalized spacial score (nSPS) is 15.1. The molecule has 1 N–H and O–H groups in total. The molecule has 0 unspecified atom stereocenters. The van der Waals surface area contributed by atoms with Gasteiger partial charge < -0.3 is 14.8 Å². The van der Waals surface area contributed by atoms with Gasteiger partial charge in [-0.3, -0.25) is 4.79 Å². The monoisotopic (exact) mass is 418 g/mol. The van der Waals surface area contributed by atoms with Crippen molar-refractivity contribution in [3.63, 3.8) is 0 Å². The number of carbonyl (C=O) groups is 1. The van der Waals surface area contributed by atoms with Crippen molar-refractivity contribution in [2.45, 2.75) is 18.2 Å². The van der Waals surface area contributed by atoms with Crippen LogP contribution in [0.3, 0.4) is 0 Å². The van der Waals surface area contributed by atoms with Crippen molar-refractivity contribution in [2.24, 2.45) is 0 Å². The van der Waals surface area contributed by atoms with Crippen molar-refractivity contribution in [3.8, 4) is 5.75 Å². The van der Waals surface area contributed by atoms with E-state index >= 15 is 0 Å². The van der Waals surface area contributed by atoms with Gasteiger partial charge >= 0.3 is 0 Å². The van der Waals surface area contributed by atoms with E-state index in [0.717, 1.165) is 5.75 Å². The minimum absolute atomic E-state index is 0.166. The predicted octanol–water partition coefficient (Wildman–Crippen LogP) is 2.21. The van der Waals surface area contributed by atoms with Crippen LogP contribution in [0.4, 0.5) is 0 Å². The van der Waals surface area contributed by atoms with E-state index in [9.17, 15) is 13.2 Å². The summed E-state index contributed by atoms with van der Waals surface area (Å²) in [4.78, 5) is 12.6. The second-order valence-corrected chi connectivity index (χ2v) is 8.67. The van der Waals surface area contributed by atoms with Crippen LogP contribution in [0.5, 0.6) is 5.75 Å². The number of sulfonamides is 1. The number of aryl methyl sites for hydroxylation is 1. The van der Waals surface area contributed by atoms with Crippen molar-refractivity contribution < 1.29 is 22.7 Å². The number of rotatable bonds is 8. The highest BCUT2D eigenvalue weighted by Crippen LogP contribution is 2.22. The highest BCUT2D eigenvalue weighted by molar-refractivity contribution is 7.89. The van der Waals surface area contributed by atoms with Crippen molar-refractivity contribution in [1.29, 1.82) is 0 Å². The first kappa shape index (κ1) is 21.3. The van der Waals surface area contributed by atoms with Crippen LogP contribution in [0.2, 0.25) is 0 Å². The van der Waals surface area contributed by atoms with Crippen molar-refractivity contribution in [1.82, 2.24) is 9.62 Å². The number of morpholine rings is 1. The third-order valence-corrected chi connectivity index (χ3v) is 6.70. The summed E-state index contributed by atoms with van der Waals surface area (Å²) in [5, 5.41) is 2.82. The standard InChI is InChI=1S/C21H26N2O5S/c1-17-8-9-18(16-20(17)29(25,26)23-11-14-27-15-12-23)21(24)22-10-5-13-28-19-6-3-2-4-7-19/h2-4,6-9,16H,5,10-15H2,1H3,(H,22,24). The molecule has 7 nitrogen and oxygen atoms in total. The summed E-state index contributed by atoms with van der Waals surface area (Å²) in [7, 11) is -3.66. The number of carbonyl (C=O) groups excluding carboxylic acids is 1.